The van der Waals surface area contributed by atoms with Gasteiger partial charge in [0.05, 0.1) is 18.2 Å². The first-order valence-electron chi connectivity index (χ1n) is 8.23. The third-order valence-electron chi connectivity index (χ3n) is 4.50. The Morgan fingerprint density at radius 2 is 1.44 bits per heavy atom. The van der Waals surface area contributed by atoms with E-state index in [0.29, 0.717) is 0 Å². The van der Waals surface area contributed by atoms with Crippen molar-refractivity contribution in [2.24, 2.45) is 0 Å². The maximum absolute atomic E-state index is 14.0. The number of ether oxygens (including phenoxy) is 1. The summed E-state index contributed by atoms with van der Waals surface area (Å²) < 4.78 is 137. The molecule has 18 heteroatoms. The summed E-state index contributed by atoms with van der Waals surface area (Å²) >= 11 is 0. The van der Waals surface area contributed by atoms with E-state index in [4.69, 9.17) is 9.84 Å². The first kappa shape index (κ1) is 24.3. The van der Waals surface area contributed by atoms with Gasteiger partial charge >= 0.3 is 24.2 Å². The zero-order chi connectivity index (χ0) is 24.4. The van der Waals surface area contributed by atoms with E-state index in [2.05, 4.69) is 15.1 Å². The number of halogens is 10. The third-order valence-corrected chi connectivity index (χ3v) is 4.50. The molecule has 1 aliphatic rings. The number of aromatic nitrogens is 4. The van der Waals surface area contributed by atoms with Crippen LogP contribution in [0.3, 0.4) is 0 Å². The molecule has 8 nitrogen and oxygen atoms in total. The van der Waals surface area contributed by atoms with Gasteiger partial charge in [0.2, 0.25) is 5.82 Å². The fourth-order valence-electron chi connectivity index (χ4n) is 2.83. The lowest BCUT2D eigenvalue weighted by Crippen LogP contribution is -2.39. The molecule has 32 heavy (non-hydrogen) atoms. The van der Waals surface area contributed by atoms with E-state index < -0.39 is 77.9 Å². The van der Waals surface area contributed by atoms with Crippen molar-refractivity contribution in [1.29, 1.82) is 0 Å². The standard InChI is InChI=1S/C14H10F10N4O4/c15-11(16,13(19,20)21)7-3-1-25-28(9-6(31)5(30)4(2-29)32-9)8(3)27-10(26-7)12(17,18)14(22,23)24/h1,4-6,9,29-31H,2H2/t4-,5-,6-,9-/m1/s1. The van der Waals surface area contributed by atoms with Crippen LogP contribution in [-0.4, -0.2) is 72.3 Å². The van der Waals surface area contributed by atoms with Crippen molar-refractivity contribution < 1.29 is 64.0 Å². The molecule has 1 fully saturated rings. The van der Waals surface area contributed by atoms with Crippen LogP contribution in [0, 0.1) is 0 Å². The Hall–Kier alpha value is -2.31. The molecule has 0 aromatic carbocycles. The van der Waals surface area contributed by atoms with E-state index in [1.165, 1.54) is 0 Å². The largest absolute Gasteiger partial charge is 0.461 e. The lowest BCUT2D eigenvalue weighted by atomic mass is 10.1. The van der Waals surface area contributed by atoms with Gasteiger partial charge in [0, 0.05) is 0 Å². The van der Waals surface area contributed by atoms with Crippen molar-refractivity contribution in [2.75, 3.05) is 6.61 Å². The van der Waals surface area contributed by atoms with Crippen LogP contribution in [0.25, 0.3) is 11.0 Å². The van der Waals surface area contributed by atoms with Gasteiger partial charge in [-0.05, 0) is 0 Å². The molecule has 0 aliphatic carbocycles. The first-order valence-corrected chi connectivity index (χ1v) is 8.23. The normalized spacial score (nSPS) is 25.7. The van der Waals surface area contributed by atoms with E-state index in [9.17, 15) is 54.1 Å². The molecule has 2 aromatic heterocycles. The Bertz CT molecular complexity index is 1010. The summed E-state index contributed by atoms with van der Waals surface area (Å²) in [4.78, 5) is 4.95. The number of hydrogen-bond donors (Lipinski definition) is 3. The van der Waals surface area contributed by atoms with Crippen LogP contribution in [0.5, 0.6) is 0 Å². The van der Waals surface area contributed by atoms with Gasteiger partial charge in [0.15, 0.2) is 11.9 Å². The molecule has 0 bridgehead atoms. The summed E-state index contributed by atoms with van der Waals surface area (Å²) in [5, 5.41) is 30.7. The second kappa shape index (κ2) is 7.35. The number of fused-ring (bicyclic) bond motifs is 1. The molecule has 180 valence electrons. The van der Waals surface area contributed by atoms with Gasteiger partial charge in [0.25, 0.3) is 0 Å². The molecule has 1 aliphatic heterocycles. The summed E-state index contributed by atoms with van der Waals surface area (Å²) in [7, 11) is 0. The van der Waals surface area contributed by atoms with Crippen LogP contribution < -0.4 is 0 Å². The molecule has 0 amide bonds. The molecule has 2 aromatic rings. The van der Waals surface area contributed by atoms with E-state index in [0.717, 1.165) is 0 Å². The Kier molecular flexibility index (Phi) is 5.59. The summed E-state index contributed by atoms with van der Waals surface area (Å²) in [6.45, 7) is -0.933. The highest BCUT2D eigenvalue weighted by atomic mass is 19.4. The third kappa shape index (κ3) is 3.54. The minimum Gasteiger partial charge on any atom is -0.394 e. The minimum absolute atomic E-state index is 0.118. The Morgan fingerprint density at radius 1 is 0.875 bits per heavy atom. The molecule has 0 spiro atoms. The van der Waals surface area contributed by atoms with Crippen LogP contribution in [0.4, 0.5) is 43.9 Å². The monoisotopic (exact) mass is 488 g/mol. The lowest BCUT2D eigenvalue weighted by Gasteiger charge is -2.23. The summed E-state index contributed by atoms with van der Waals surface area (Å²) in [5.41, 5.74) is -3.96. The highest BCUT2D eigenvalue weighted by Crippen LogP contribution is 2.48. The van der Waals surface area contributed by atoms with Crippen LogP contribution in [0.2, 0.25) is 0 Å². The number of alkyl halides is 10. The van der Waals surface area contributed by atoms with Crippen molar-refractivity contribution in [3.8, 4) is 0 Å². The highest BCUT2D eigenvalue weighted by Gasteiger charge is 2.64. The van der Waals surface area contributed by atoms with Gasteiger partial charge in [-0.3, -0.25) is 0 Å². The number of aliphatic hydroxyl groups is 3. The topological polar surface area (TPSA) is 114 Å². The molecule has 3 heterocycles. The molecular weight excluding hydrogens is 478 g/mol. The number of rotatable bonds is 4. The molecule has 3 rings (SSSR count). The predicted octanol–water partition coefficient (Wildman–Crippen LogP) is 1.75. The SMILES string of the molecule is OC[C@H]1O[C@@H](n2ncc3c(C(F)(F)C(F)(F)F)nc(C(F)(F)C(F)(F)F)nc32)[C@H](O)[C@@H]1O. The Morgan fingerprint density at radius 3 is 1.91 bits per heavy atom. The van der Waals surface area contributed by atoms with Crippen molar-refractivity contribution in [1.82, 2.24) is 19.7 Å². The van der Waals surface area contributed by atoms with Gasteiger partial charge in [-0.1, -0.05) is 0 Å². The second-order valence-electron chi connectivity index (χ2n) is 6.60. The zero-order valence-corrected chi connectivity index (χ0v) is 14.9. The van der Waals surface area contributed by atoms with E-state index in [1.54, 1.807) is 0 Å². The maximum atomic E-state index is 14.0. The Labute approximate surface area is 169 Å². The Balaban J connectivity index is 2.31. The summed E-state index contributed by atoms with van der Waals surface area (Å²) in [6.07, 6.45) is -20.2. The molecule has 4 atom stereocenters. The summed E-state index contributed by atoms with van der Waals surface area (Å²) in [6, 6.07) is 0. The van der Waals surface area contributed by atoms with E-state index >= 15 is 0 Å². The fraction of sp³-hybridized carbons (Fsp3) is 0.643. The molecule has 0 radical (unpaired) electrons. The van der Waals surface area contributed by atoms with Crippen molar-refractivity contribution >= 4 is 11.0 Å². The molecular formula is C14H10F10N4O4. The molecule has 0 unspecified atom stereocenters. The van der Waals surface area contributed by atoms with Crippen LogP contribution in [0.15, 0.2) is 6.20 Å². The van der Waals surface area contributed by atoms with Gasteiger partial charge < -0.3 is 20.1 Å². The van der Waals surface area contributed by atoms with Crippen LogP contribution >= 0.6 is 0 Å². The quantitative estimate of drug-likeness (QED) is 0.563. The van der Waals surface area contributed by atoms with E-state index in [-0.39, 0.29) is 10.9 Å². The number of aliphatic hydroxyl groups excluding tert-OH is 3. The average Bonchev–Trinajstić information content (AvgIpc) is 3.20. The molecule has 3 N–H and O–H groups in total. The second-order valence-corrected chi connectivity index (χ2v) is 6.60. The lowest BCUT2D eigenvalue weighted by molar-refractivity contribution is -0.296. The van der Waals surface area contributed by atoms with Crippen molar-refractivity contribution in [3.63, 3.8) is 0 Å². The molecule has 1 saturated heterocycles. The first-order chi connectivity index (χ1) is 14.4. The fourth-order valence-corrected chi connectivity index (χ4v) is 2.83. The predicted molar refractivity (Wildman–Crippen MR) is 78.2 cm³/mol. The molecule has 0 saturated carbocycles. The van der Waals surface area contributed by atoms with Crippen LogP contribution in [-0.2, 0) is 16.6 Å². The highest BCUT2D eigenvalue weighted by molar-refractivity contribution is 5.78. The summed E-state index contributed by atoms with van der Waals surface area (Å²) in [5.74, 6) is -14.8. The minimum atomic E-state index is -6.47. The number of nitrogens with zero attached hydrogens (tertiary/aromatic N) is 4. The van der Waals surface area contributed by atoms with Crippen LogP contribution in [0.1, 0.15) is 17.7 Å². The van der Waals surface area contributed by atoms with E-state index in [1.807, 2.05) is 0 Å². The smallest absolute Gasteiger partial charge is 0.394 e. The van der Waals surface area contributed by atoms with Crippen molar-refractivity contribution in [2.45, 2.75) is 48.7 Å². The number of hydrogen-bond acceptors (Lipinski definition) is 7. The van der Waals surface area contributed by atoms with Gasteiger partial charge in [-0.2, -0.15) is 49.0 Å². The van der Waals surface area contributed by atoms with Gasteiger partial charge in [0.1, 0.15) is 24.0 Å². The average molecular weight is 488 g/mol. The maximum Gasteiger partial charge on any atom is 0.461 e. The van der Waals surface area contributed by atoms with Gasteiger partial charge in [-0.25, -0.2) is 14.6 Å². The van der Waals surface area contributed by atoms with Crippen molar-refractivity contribution in [3.05, 3.63) is 17.7 Å². The zero-order valence-electron chi connectivity index (χ0n) is 14.9. The van der Waals surface area contributed by atoms with Gasteiger partial charge in [-0.15, -0.1) is 0 Å².